The molecule has 1 aromatic rings. The van der Waals surface area contributed by atoms with Crippen molar-refractivity contribution in [1.29, 1.82) is 0 Å². The molecule has 0 spiro atoms. The average Bonchev–Trinajstić information content (AvgIpc) is 2.85. The second kappa shape index (κ2) is 11.5. The molecule has 3 atom stereocenters. The summed E-state index contributed by atoms with van der Waals surface area (Å²) in [5.41, 5.74) is 11.5. The van der Waals surface area contributed by atoms with Crippen LogP contribution in [0.1, 0.15) is 43.9 Å². The lowest BCUT2D eigenvalue weighted by atomic mass is 9.60. The van der Waals surface area contributed by atoms with Crippen LogP contribution < -0.4 is 16.4 Å². The average molecular weight is 530 g/mol. The predicted molar refractivity (Wildman–Crippen MR) is 145 cm³/mol. The summed E-state index contributed by atoms with van der Waals surface area (Å²) < 4.78 is 0. The molecule has 10 heteroatoms. The number of aliphatic hydroxyl groups is 2. The standard InChI is InChI=1S/C22H21NO7.C5H13N.CH5N/c1-8-4-13(23(2)3)10-5-9-6-11-16(18(26)12(7-24)20(28)19(11)27)22(30)14(9)21(29)15(10)17(8)25;1-5(2,3)4-6;1-2/h4,7,9,11,16,24-25,29H,5-6H2,1-3H3;4,6H2,1-3H3;2H2,1H3/b12-7+;;. The van der Waals surface area contributed by atoms with Crippen molar-refractivity contribution in [2.24, 2.45) is 34.6 Å². The fourth-order valence-electron chi connectivity index (χ4n) is 4.94. The Hall–Kier alpha value is -3.50. The number of aromatic hydroxyl groups is 1. The molecule has 0 saturated heterocycles. The minimum atomic E-state index is -1.45. The normalized spacial score (nSPS) is 23.5. The second-order valence-electron chi connectivity index (χ2n) is 11.0. The third-order valence-corrected chi connectivity index (χ3v) is 6.99. The van der Waals surface area contributed by atoms with Gasteiger partial charge < -0.3 is 31.7 Å². The first-order chi connectivity index (χ1) is 17.7. The van der Waals surface area contributed by atoms with E-state index in [-0.39, 0.29) is 36.0 Å². The van der Waals surface area contributed by atoms with Crippen molar-refractivity contribution >= 4 is 34.6 Å². The molecule has 0 amide bonds. The van der Waals surface area contributed by atoms with Gasteiger partial charge in [-0.25, -0.2) is 0 Å². The predicted octanol–water partition coefficient (Wildman–Crippen LogP) is 2.14. The van der Waals surface area contributed by atoms with E-state index in [1.807, 2.05) is 19.0 Å². The Morgan fingerprint density at radius 2 is 1.61 bits per heavy atom. The fourth-order valence-corrected chi connectivity index (χ4v) is 4.94. The van der Waals surface area contributed by atoms with Gasteiger partial charge in [0.1, 0.15) is 17.1 Å². The molecule has 3 unspecified atom stereocenters. The molecule has 7 N–H and O–H groups in total. The van der Waals surface area contributed by atoms with E-state index >= 15 is 0 Å². The van der Waals surface area contributed by atoms with Gasteiger partial charge in [0.2, 0.25) is 11.6 Å². The number of phenolic OH excluding ortho intramolecular Hbond substituents is 1. The first kappa shape index (κ1) is 30.7. The van der Waals surface area contributed by atoms with Gasteiger partial charge in [-0.2, -0.15) is 0 Å². The molecule has 0 heterocycles. The number of fused-ring (bicyclic) bond motifs is 3. The van der Waals surface area contributed by atoms with Gasteiger partial charge >= 0.3 is 0 Å². The third-order valence-electron chi connectivity index (χ3n) is 6.99. The van der Waals surface area contributed by atoms with Crippen molar-refractivity contribution in [3.63, 3.8) is 0 Å². The van der Waals surface area contributed by atoms with Crippen LogP contribution in [0.4, 0.5) is 5.69 Å². The largest absolute Gasteiger partial charge is 0.515 e. The van der Waals surface area contributed by atoms with Crippen molar-refractivity contribution < 1.29 is 34.5 Å². The highest BCUT2D eigenvalue weighted by atomic mass is 16.3. The van der Waals surface area contributed by atoms with Gasteiger partial charge in [-0.05, 0) is 61.9 Å². The number of aryl methyl sites for hydroxylation is 1. The Balaban J connectivity index is 0.000000560. The summed E-state index contributed by atoms with van der Waals surface area (Å²) in [6, 6.07) is 1.77. The maximum Gasteiger partial charge on any atom is 0.235 e. The summed E-state index contributed by atoms with van der Waals surface area (Å²) in [5.74, 6) is -7.32. The van der Waals surface area contributed by atoms with Crippen LogP contribution >= 0.6 is 0 Å². The van der Waals surface area contributed by atoms with Crippen LogP contribution in [0.15, 0.2) is 23.5 Å². The fraction of sp³-hybridized carbons (Fsp3) is 0.500. The third kappa shape index (κ3) is 5.37. The molecular weight excluding hydrogens is 490 g/mol. The van der Waals surface area contributed by atoms with Crippen LogP contribution in [0, 0.1) is 30.1 Å². The number of hydrogen-bond donors (Lipinski definition) is 5. The van der Waals surface area contributed by atoms with Gasteiger partial charge in [0.05, 0.1) is 17.7 Å². The Bertz CT molecular complexity index is 1220. The molecule has 1 aromatic carbocycles. The van der Waals surface area contributed by atoms with Gasteiger partial charge in [0.15, 0.2) is 11.6 Å². The van der Waals surface area contributed by atoms with Gasteiger partial charge in [-0.1, -0.05) is 20.8 Å². The van der Waals surface area contributed by atoms with Crippen molar-refractivity contribution in [1.82, 2.24) is 0 Å². The molecule has 2 fully saturated rings. The van der Waals surface area contributed by atoms with Gasteiger partial charge in [-0.3, -0.25) is 19.2 Å². The van der Waals surface area contributed by atoms with Crippen LogP contribution in [-0.4, -0.2) is 66.1 Å². The highest BCUT2D eigenvalue weighted by Crippen LogP contribution is 2.50. The van der Waals surface area contributed by atoms with Gasteiger partial charge in [0.25, 0.3) is 0 Å². The number of phenols is 1. The number of rotatable bonds is 1. The first-order valence-corrected chi connectivity index (χ1v) is 12.4. The second-order valence-corrected chi connectivity index (χ2v) is 11.0. The summed E-state index contributed by atoms with van der Waals surface area (Å²) >= 11 is 0. The SMILES string of the molecule is CC(C)(C)CN.CN.Cc1cc(N(C)C)c2c(c1O)C(O)=C1C(=O)C3C(=O)/C(=C\O)C(=O)C(=O)C3CC1C2. The molecule has 10 nitrogen and oxygen atoms in total. The lowest BCUT2D eigenvalue weighted by Crippen LogP contribution is -2.52. The van der Waals surface area contributed by atoms with E-state index in [4.69, 9.17) is 5.73 Å². The molecule has 2 saturated carbocycles. The van der Waals surface area contributed by atoms with E-state index in [2.05, 4.69) is 26.5 Å². The minimum absolute atomic E-state index is 0.0119. The highest BCUT2D eigenvalue weighted by molar-refractivity contribution is 6.54. The molecule has 38 heavy (non-hydrogen) atoms. The number of nitrogens with zero attached hydrogens (tertiary/aromatic N) is 1. The number of anilines is 1. The van der Waals surface area contributed by atoms with Crippen molar-refractivity contribution in [2.75, 3.05) is 32.6 Å². The van der Waals surface area contributed by atoms with Crippen LogP contribution in [0.25, 0.3) is 5.76 Å². The van der Waals surface area contributed by atoms with Crippen LogP contribution in [0.2, 0.25) is 0 Å². The maximum atomic E-state index is 13.3. The number of benzene rings is 1. The zero-order chi connectivity index (χ0) is 29.3. The summed E-state index contributed by atoms with van der Waals surface area (Å²) in [6.07, 6.45) is 0.580. The van der Waals surface area contributed by atoms with E-state index in [0.717, 1.165) is 12.2 Å². The summed E-state index contributed by atoms with van der Waals surface area (Å²) in [7, 11) is 5.13. The highest BCUT2D eigenvalue weighted by Gasteiger charge is 2.56. The quantitative estimate of drug-likeness (QED) is 0.119. The summed E-state index contributed by atoms with van der Waals surface area (Å²) in [4.78, 5) is 52.5. The van der Waals surface area contributed by atoms with Gasteiger partial charge in [0, 0.05) is 31.3 Å². The molecule has 208 valence electrons. The smallest absolute Gasteiger partial charge is 0.235 e. The summed E-state index contributed by atoms with van der Waals surface area (Å²) in [6.45, 7) is 8.80. The molecule has 4 rings (SSSR count). The Kier molecular flexibility index (Phi) is 9.29. The Morgan fingerprint density at radius 1 is 1.05 bits per heavy atom. The van der Waals surface area contributed by atoms with E-state index in [1.165, 1.54) is 7.05 Å². The van der Waals surface area contributed by atoms with E-state index < -0.39 is 52.2 Å². The van der Waals surface area contributed by atoms with E-state index in [9.17, 15) is 34.5 Å². The number of aliphatic hydroxyl groups excluding tert-OH is 2. The van der Waals surface area contributed by atoms with Gasteiger partial charge in [-0.15, -0.1) is 0 Å². The molecule has 0 aliphatic heterocycles. The topological polar surface area (TPSA) is 184 Å². The zero-order valence-electron chi connectivity index (χ0n) is 23.1. The number of Topliss-reactive ketones (excluding diaryl/α,β-unsaturated/α-hetero) is 4. The molecule has 0 bridgehead atoms. The molecule has 3 aliphatic carbocycles. The maximum absolute atomic E-state index is 13.3. The molecule has 3 aliphatic rings. The number of allylic oxidation sites excluding steroid dienone is 2. The first-order valence-electron chi connectivity index (χ1n) is 12.4. The number of hydrogen-bond acceptors (Lipinski definition) is 10. The molecule has 0 aromatic heterocycles. The monoisotopic (exact) mass is 529 g/mol. The molecular formula is C28H39N3O7. The number of ketones is 4. The van der Waals surface area contributed by atoms with Crippen LogP contribution in [0.5, 0.6) is 5.75 Å². The zero-order valence-corrected chi connectivity index (χ0v) is 23.1. The van der Waals surface area contributed by atoms with Crippen molar-refractivity contribution in [3.05, 3.63) is 40.2 Å². The number of carbonyl (C=O) groups is 4. The van der Waals surface area contributed by atoms with Crippen molar-refractivity contribution in [3.8, 4) is 5.75 Å². The number of nitrogens with two attached hydrogens (primary N) is 2. The lowest BCUT2D eigenvalue weighted by Gasteiger charge is -2.40. The van der Waals surface area contributed by atoms with E-state index in [1.54, 1.807) is 13.0 Å². The summed E-state index contributed by atoms with van der Waals surface area (Å²) in [5, 5.41) is 30.8. The lowest BCUT2D eigenvalue weighted by molar-refractivity contribution is -0.148. The minimum Gasteiger partial charge on any atom is -0.515 e. The Labute approximate surface area is 223 Å². The van der Waals surface area contributed by atoms with Crippen molar-refractivity contribution in [2.45, 2.75) is 40.5 Å². The Morgan fingerprint density at radius 3 is 2.08 bits per heavy atom. The van der Waals surface area contributed by atoms with Crippen LogP contribution in [-0.2, 0) is 25.6 Å². The van der Waals surface area contributed by atoms with Crippen LogP contribution in [0.3, 0.4) is 0 Å². The van der Waals surface area contributed by atoms with E-state index in [0.29, 0.717) is 16.5 Å². The molecule has 0 radical (unpaired) electrons. The number of carbonyl (C=O) groups excluding carboxylic acids is 4.